The SMILES string of the molecule is CCCCC(=O)Nc1ccc(CN2N=C(c3ccc(OC)c(OCC)c3)CSC2=O)cc1. The molecule has 0 saturated heterocycles. The molecule has 0 aliphatic carbocycles. The fourth-order valence-electron chi connectivity index (χ4n) is 3.21. The Kier molecular flexibility index (Phi) is 8.56. The van der Waals surface area contributed by atoms with E-state index in [1.54, 1.807) is 7.11 Å². The van der Waals surface area contributed by atoms with Crippen molar-refractivity contribution in [3.8, 4) is 11.5 Å². The fraction of sp³-hybridized carbons (Fsp3) is 0.375. The molecule has 8 heteroatoms. The highest BCUT2D eigenvalue weighted by Gasteiger charge is 2.23. The summed E-state index contributed by atoms with van der Waals surface area (Å²) < 4.78 is 11.0. The van der Waals surface area contributed by atoms with Gasteiger partial charge in [-0.2, -0.15) is 5.10 Å². The number of hydrogen-bond acceptors (Lipinski definition) is 6. The van der Waals surface area contributed by atoms with E-state index in [4.69, 9.17) is 9.47 Å². The molecule has 1 aliphatic heterocycles. The molecule has 0 aromatic heterocycles. The molecule has 3 rings (SSSR count). The van der Waals surface area contributed by atoms with Crippen LogP contribution in [0, 0.1) is 0 Å². The van der Waals surface area contributed by atoms with Crippen molar-refractivity contribution in [3.05, 3.63) is 53.6 Å². The first-order valence-corrected chi connectivity index (χ1v) is 11.7. The van der Waals surface area contributed by atoms with Crippen LogP contribution in [0.1, 0.15) is 44.2 Å². The monoisotopic (exact) mass is 455 g/mol. The van der Waals surface area contributed by atoms with Crippen LogP contribution in [0.2, 0.25) is 0 Å². The highest BCUT2D eigenvalue weighted by Crippen LogP contribution is 2.30. The van der Waals surface area contributed by atoms with Gasteiger partial charge in [0.25, 0.3) is 0 Å². The Morgan fingerprint density at radius 1 is 1.16 bits per heavy atom. The Bertz CT molecular complexity index is 976. The van der Waals surface area contributed by atoms with Crippen LogP contribution in [0.4, 0.5) is 10.5 Å². The molecule has 2 aromatic rings. The number of amides is 2. The molecule has 1 heterocycles. The maximum Gasteiger partial charge on any atom is 0.302 e. The summed E-state index contributed by atoms with van der Waals surface area (Å²) in [6.07, 6.45) is 2.38. The molecule has 0 unspecified atom stereocenters. The Hall–Kier alpha value is -3.00. The summed E-state index contributed by atoms with van der Waals surface area (Å²) in [5, 5.41) is 8.88. The minimum Gasteiger partial charge on any atom is -0.493 e. The predicted octanol–water partition coefficient (Wildman–Crippen LogP) is 5.30. The quantitative estimate of drug-likeness (QED) is 0.526. The Balaban J connectivity index is 1.71. The standard InChI is InChI=1S/C24H29N3O4S/c1-4-6-7-23(28)25-19-11-8-17(9-12-19)15-27-24(29)32-16-20(26-27)18-10-13-21(30-3)22(14-18)31-5-2/h8-14H,4-7,15-16H2,1-3H3,(H,25,28). The van der Waals surface area contributed by atoms with Gasteiger partial charge in [-0.25, -0.2) is 5.01 Å². The third-order valence-electron chi connectivity index (χ3n) is 4.91. The highest BCUT2D eigenvalue weighted by molar-refractivity contribution is 8.14. The van der Waals surface area contributed by atoms with Crippen molar-refractivity contribution < 1.29 is 19.1 Å². The highest BCUT2D eigenvalue weighted by atomic mass is 32.2. The van der Waals surface area contributed by atoms with Gasteiger partial charge in [0.2, 0.25) is 5.91 Å². The summed E-state index contributed by atoms with van der Waals surface area (Å²) in [6.45, 7) is 4.86. The summed E-state index contributed by atoms with van der Waals surface area (Å²) in [5.74, 6) is 1.83. The largest absolute Gasteiger partial charge is 0.493 e. The summed E-state index contributed by atoms with van der Waals surface area (Å²) in [5.41, 5.74) is 3.38. The Morgan fingerprint density at radius 3 is 2.62 bits per heavy atom. The van der Waals surface area contributed by atoms with Crippen LogP contribution in [-0.4, -0.2) is 41.3 Å². The Morgan fingerprint density at radius 2 is 1.94 bits per heavy atom. The third-order valence-corrected chi connectivity index (χ3v) is 5.78. The van der Waals surface area contributed by atoms with Crippen LogP contribution in [0.15, 0.2) is 47.6 Å². The number of benzene rings is 2. The maximum absolute atomic E-state index is 12.4. The van der Waals surface area contributed by atoms with Crippen molar-refractivity contribution in [2.75, 3.05) is 24.8 Å². The second-order valence-electron chi connectivity index (χ2n) is 7.31. The molecule has 0 saturated carbocycles. The zero-order valence-corrected chi connectivity index (χ0v) is 19.5. The first-order chi connectivity index (χ1) is 15.5. The molecule has 7 nitrogen and oxygen atoms in total. The number of hydrogen-bond donors (Lipinski definition) is 1. The third kappa shape index (κ3) is 6.26. The van der Waals surface area contributed by atoms with Gasteiger partial charge in [-0.1, -0.05) is 37.2 Å². The van der Waals surface area contributed by atoms with Gasteiger partial charge in [0.05, 0.1) is 26.0 Å². The molecule has 170 valence electrons. The number of carbonyl (C=O) groups excluding carboxylic acids is 2. The number of nitrogens with one attached hydrogen (secondary N) is 1. The van der Waals surface area contributed by atoms with Crippen LogP contribution in [0.5, 0.6) is 11.5 Å². The van der Waals surface area contributed by atoms with Crippen molar-refractivity contribution in [2.45, 2.75) is 39.7 Å². The van der Waals surface area contributed by atoms with Crippen LogP contribution < -0.4 is 14.8 Å². The molecular formula is C24H29N3O4S. The number of hydrazone groups is 1. The number of unbranched alkanes of at least 4 members (excludes halogenated alkanes) is 1. The second kappa shape index (κ2) is 11.6. The molecule has 32 heavy (non-hydrogen) atoms. The lowest BCUT2D eigenvalue weighted by atomic mass is 10.1. The van der Waals surface area contributed by atoms with Gasteiger partial charge >= 0.3 is 5.24 Å². The number of methoxy groups -OCH3 is 1. The summed E-state index contributed by atoms with van der Waals surface area (Å²) in [4.78, 5) is 24.3. The zero-order valence-electron chi connectivity index (χ0n) is 18.7. The zero-order chi connectivity index (χ0) is 22.9. The van der Waals surface area contributed by atoms with Gasteiger partial charge in [-0.15, -0.1) is 0 Å². The van der Waals surface area contributed by atoms with E-state index in [9.17, 15) is 9.59 Å². The van der Waals surface area contributed by atoms with Gasteiger partial charge in [0.1, 0.15) is 0 Å². The van der Waals surface area contributed by atoms with E-state index in [-0.39, 0.29) is 11.1 Å². The van der Waals surface area contributed by atoms with Crippen molar-refractivity contribution in [3.63, 3.8) is 0 Å². The van der Waals surface area contributed by atoms with Crippen LogP contribution in [0.3, 0.4) is 0 Å². The number of nitrogens with zero attached hydrogens (tertiary/aromatic N) is 2. The first kappa shape index (κ1) is 23.7. The van der Waals surface area contributed by atoms with E-state index in [1.807, 2.05) is 49.4 Å². The van der Waals surface area contributed by atoms with Crippen LogP contribution in [-0.2, 0) is 11.3 Å². The lowest BCUT2D eigenvalue weighted by Crippen LogP contribution is -2.29. The van der Waals surface area contributed by atoms with Gasteiger partial charge in [-0.05, 0) is 49.2 Å². The Labute approximate surface area is 193 Å². The molecule has 0 fully saturated rings. The first-order valence-electron chi connectivity index (χ1n) is 10.8. The van der Waals surface area contributed by atoms with Gasteiger partial charge in [0, 0.05) is 23.4 Å². The average molecular weight is 456 g/mol. The van der Waals surface area contributed by atoms with E-state index in [1.165, 1.54) is 16.8 Å². The summed E-state index contributed by atoms with van der Waals surface area (Å²) >= 11 is 1.22. The molecule has 1 aliphatic rings. The van der Waals surface area contributed by atoms with E-state index >= 15 is 0 Å². The minimum atomic E-state index is -0.0933. The lowest BCUT2D eigenvalue weighted by Gasteiger charge is -2.23. The molecule has 2 aromatic carbocycles. The number of anilines is 1. The lowest BCUT2D eigenvalue weighted by molar-refractivity contribution is -0.116. The number of thioether (sulfide) groups is 1. The second-order valence-corrected chi connectivity index (χ2v) is 8.23. The van der Waals surface area contributed by atoms with E-state index < -0.39 is 0 Å². The summed E-state index contributed by atoms with van der Waals surface area (Å²) in [7, 11) is 1.60. The van der Waals surface area contributed by atoms with E-state index in [2.05, 4.69) is 17.3 Å². The number of carbonyl (C=O) groups is 2. The molecule has 0 atom stereocenters. The van der Waals surface area contributed by atoms with E-state index in [0.29, 0.717) is 36.8 Å². The molecular weight excluding hydrogens is 426 g/mol. The molecule has 1 N–H and O–H groups in total. The number of ether oxygens (including phenoxy) is 2. The van der Waals surface area contributed by atoms with Gasteiger partial charge in [-0.3, -0.25) is 9.59 Å². The average Bonchev–Trinajstić information content (AvgIpc) is 2.80. The van der Waals surface area contributed by atoms with Crippen LogP contribution >= 0.6 is 11.8 Å². The minimum absolute atomic E-state index is 0.0161. The topological polar surface area (TPSA) is 80.2 Å². The van der Waals surface area contributed by atoms with Crippen molar-refractivity contribution >= 4 is 34.3 Å². The summed E-state index contributed by atoms with van der Waals surface area (Å²) in [6, 6.07) is 13.2. The molecule has 2 amide bonds. The fourth-order valence-corrected chi connectivity index (χ4v) is 3.95. The van der Waals surface area contributed by atoms with Crippen molar-refractivity contribution in [2.24, 2.45) is 5.10 Å². The van der Waals surface area contributed by atoms with E-state index in [0.717, 1.165) is 35.4 Å². The smallest absolute Gasteiger partial charge is 0.302 e. The molecule has 0 radical (unpaired) electrons. The van der Waals surface area contributed by atoms with Crippen LogP contribution in [0.25, 0.3) is 0 Å². The van der Waals surface area contributed by atoms with Gasteiger partial charge < -0.3 is 14.8 Å². The predicted molar refractivity (Wildman–Crippen MR) is 129 cm³/mol. The number of rotatable bonds is 10. The normalized spacial score (nSPS) is 13.5. The van der Waals surface area contributed by atoms with Crippen molar-refractivity contribution in [1.29, 1.82) is 0 Å². The van der Waals surface area contributed by atoms with Crippen molar-refractivity contribution in [1.82, 2.24) is 5.01 Å². The molecule has 0 bridgehead atoms. The van der Waals surface area contributed by atoms with Gasteiger partial charge in [0.15, 0.2) is 11.5 Å². The maximum atomic E-state index is 12.4. The molecule has 0 spiro atoms.